The highest BCUT2D eigenvalue weighted by molar-refractivity contribution is 5.68. The van der Waals surface area contributed by atoms with E-state index < -0.39 is 0 Å². The van der Waals surface area contributed by atoms with E-state index in [-0.39, 0.29) is 0 Å². The highest BCUT2D eigenvalue weighted by Crippen LogP contribution is 2.29. The number of methoxy groups -OCH3 is 1. The number of anilines is 1. The number of aromatic nitrogens is 5. The number of nitrogens with zero attached hydrogens (tertiary/aromatic N) is 5. The van der Waals surface area contributed by atoms with Crippen molar-refractivity contribution in [1.82, 2.24) is 25.0 Å². The lowest BCUT2D eigenvalue weighted by Gasteiger charge is -2.09. The minimum absolute atomic E-state index is 0.291. The molecule has 1 N–H and O–H groups in total. The third-order valence-electron chi connectivity index (χ3n) is 4.27. The van der Waals surface area contributed by atoms with Crippen molar-refractivity contribution in [1.29, 1.82) is 0 Å². The van der Waals surface area contributed by atoms with Crippen molar-refractivity contribution in [3.63, 3.8) is 0 Å². The van der Waals surface area contributed by atoms with Crippen molar-refractivity contribution in [2.45, 2.75) is 26.3 Å². The highest BCUT2D eigenvalue weighted by Gasteiger charge is 2.13. The van der Waals surface area contributed by atoms with Gasteiger partial charge in [-0.15, -0.1) is 10.2 Å². The zero-order valence-corrected chi connectivity index (χ0v) is 15.4. The quantitative estimate of drug-likeness (QED) is 0.560. The van der Waals surface area contributed by atoms with Crippen LogP contribution in [0.5, 0.6) is 5.75 Å². The second-order valence-corrected chi connectivity index (χ2v) is 6.47. The molecular weight excluding hydrogens is 344 g/mol. The zero-order chi connectivity index (χ0) is 18.8. The summed E-state index contributed by atoms with van der Waals surface area (Å²) in [7, 11) is 1.64. The van der Waals surface area contributed by atoms with Gasteiger partial charge in [-0.25, -0.2) is 0 Å². The van der Waals surface area contributed by atoms with Crippen molar-refractivity contribution < 1.29 is 9.26 Å². The smallest absolute Gasteiger partial charge is 0.200 e. The molecule has 0 radical (unpaired) electrons. The fourth-order valence-electron chi connectivity index (χ4n) is 2.82. The first kappa shape index (κ1) is 17.0. The lowest BCUT2D eigenvalue weighted by molar-refractivity contribution is 0.388. The van der Waals surface area contributed by atoms with E-state index in [0.717, 1.165) is 28.4 Å². The van der Waals surface area contributed by atoms with Crippen LogP contribution in [0.3, 0.4) is 0 Å². The summed E-state index contributed by atoms with van der Waals surface area (Å²) in [5.41, 5.74) is 4.10. The van der Waals surface area contributed by atoms with Crippen LogP contribution >= 0.6 is 0 Å². The van der Waals surface area contributed by atoms with Crippen molar-refractivity contribution in [3.8, 4) is 17.0 Å². The third kappa shape index (κ3) is 3.33. The average molecular weight is 364 g/mol. The molecule has 8 heteroatoms. The molecule has 27 heavy (non-hydrogen) atoms. The van der Waals surface area contributed by atoms with E-state index in [0.29, 0.717) is 23.9 Å². The summed E-state index contributed by atoms with van der Waals surface area (Å²) < 4.78 is 12.6. The Labute approximate surface area is 156 Å². The summed E-state index contributed by atoms with van der Waals surface area (Å²) in [6.45, 7) is 4.66. The van der Waals surface area contributed by atoms with Crippen LogP contribution in [0, 0.1) is 0 Å². The highest BCUT2D eigenvalue weighted by atomic mass is 16.5. The first-order chi connectivity index (χ1) is 13.2. The summed E-state index contributed by atoms with van der Waals surface area (Å²) in [4.78, 5) is 0. The van der Waals surface area contributed by atoms with Crippen LogP contribution in [0.1, 0.15) is 31.2 Å². The van der Waals surface area contributed by atoms with Crippen LogP contribution < -0.4 is 10.1 Å². The summed E-state index contributed by atoms with van der Waals surface area (Å²) in [6.07, 6.45) is 1.60. The van der Waals surface area contributed by atoms with Crippen LogP contribution in [0.15, 0.2) is 47.2 Å². The van der Waals surface area contributed by atoms with Crippen LogP contribution in [-0.4, -0.2) is 32.1 Å². The second-order valence-electron chi connectivity index (χ2n) is 6.47. The molecule has 138 valence electrons. The lowest BCUT2D eigenvalue weighted by Crippen LogP contribution is -2.06. The largest absolute Gasteiger partial charge is 0.496 e. The van der Waals surface area contributed by atoms with Gasteiger partial charge < -0.3 is 14.6 Å². The molecule has 0 unspecified atom stereocenters. The second kappa shape index (κ2) is 7.06. The van der Waals surface area contributed by atoms with Gasteiger partial charge in [0.15, 0.2) is 5.76 Å². The summed E-state index contributed by atoms with van der Waals surface area (Å²) >= 11 is 0. The number of ether oxygens (including phenoxy) is 1. The number of fused-ring (bicyclic) bond motifs is 1. The number of hydrogen-bond donors (Lipinski definition) is 1. The van der Waals surface area contributed by atoms with Gasteiger partial charge in [-0.3, -0.25) is 0 Å². The molecule has 0 saturated heterocycles. The third-order valence-corrected chi connectivity index (χ3v) is 4.27. The van der Waals surface area contributed by atoms with Crippen molar-refractivity contribution in [3.05, 3.63) is 54.2 Å². The molecule has 4 rings (SSSR count). The van der Waals surface area contributed by atoms with Crippen LogP contribution in [0.2, 0.25) is 0 Å². The molecule has 0 bridgehead atoms. The fourth-order valence-corrected chi connectivity index (χ4v) is 2.82. The normalized spacial score (nSPS) is 11.3. The molecule has 0 aliphatic rings. The maximum atomic E-state index is 5.49. The Morgan fingerprint density at radius 1 is 1.22 bits per heavy atom. The van der Waals surface area contributed by atoms with Gasteiger partial charge in [-0.05, 0) is 24.1 Å². The zero-order valence-electron chi connectivity index (χ0n) is 15.4. The van der Waals surface area contributed by atoms with E-state index in [1.54, 1.807) is 18.0 Å². The monoisotopic (exact) mass is 364 g/mol. The predicted octanol–water partition coefficient (Wildman–Crippen LogP) is 3.52. The summed E-state index contributed by atoms with van der Waals surface area (Å²) in [5.74, 6) is 1.75. The maximum Gasteiger partial charge on any atom is 0.200 e. The molecule has 0 spiro atoms. The van der Waals surface area contributed by atoms with Gasteiger partial charge in [0.25, 0.3) is 0 Å². The molecule has 0 aliphatic heterocycles. The molecule has 0 saturated carbocycles. The van der Waals surface area contributed by atoms with Crippen LogP contribution in [0.4, 0.5) is 5.69 Å². The van der Waals surface area contributed by atoms with Crippen molar-refractivity contribution in [2.24, 2.45) is 0 Å². The van der Waals surface area contributed by atoms with Gasteiger partial charge in [-0.1, -0.05) is 31.1 Å². The van der Waals surface area contributed by atoms with Gasteiger partial charge in [0.1, 0.15) is 17.8 Å². The first-order valence-corrected chi connectivity index (χ1v) is 8.69. The molecule has 0 atom stereocenters. The van der Waals surface area contributed by atoms with Gasteiger partial charge in [-0.2, -0.15) is 9.61 Å². The molecule has 3 heterocycles. The molecule has 0 amide bonds. The van der Waals surface area contributed by atoms with E-state index in [9.17, 15) is 0 Å². The number of benzene rings is 1. The lowest BCUT2D eigenvalue weighted by atomic mass is 10.1. The number of para-hydroxylation sites is 1. The van der Waals surface area contributed by atoms with Crippen molar-refractivity contribution >= 4 is 11.3 Å². The minimum Gasteiger partial charge on any atom is -0.496 e. The molecule has 3 aromatic heterocycles. The number of hydrogen-bond acceptors (Lipinski definition) is 7. The summed E-state index contributed by atoms with van der Waals surface area (Å²) in [5, 5.41) is 20.1. The molecule has 0 aliphatic carbocycles. The van der Waals surface area contributed by atoms with Gasteiger partial charge in [0, 0.05) is 11.6 Å². The standard InChI is InChI=1S/C19H20N6O2/c1-12(2)15-9-17(19-22-21-11-25(19)23-15)20-10-13-8-16(24-27-13)14-6-4-5-7-18(14)26-3/h4-9,11-12,20H,10H2,1-3H3. The van der Waals surface area contributed by atoms with E-state index in [2.05, 4.69) is 39.6 Å². The first-order valence-electron chi connectivity index (χ1n) is 8.69. The molecule has 4 aromatic rings. The Morgan fingerprint density at radius 3 is 2.89 bits per heavy atom. The predicted molar refractivity (Wildman–Crippen MR) is 101 cm³/mol. The van der Waals surface area contributed by atoms with Gasteiger partial charge in [0.05, 0.1) is 25.0 Å². The minimum atomic E-state index is 0.291. The van der Waals surface area contributed by atoms with Crippen molar-refractivity contribution in [2.75, 3.05) is 12.4 Å². The maximum absolute atomic E-state index is 5.49. The Bertz CT molecular complexity index is 1070. The molecule has 0 fully saturated rings. The van der Waals surface area contributed by atoms with E-state index in [1.165, 1.54) is 0 Å². The fraction of sp³-hybridized carbons (Fsp3) is 0.263. The molecule has 1 aromatic carbocycles. The Morgan fingerprint density at radius 2 is 2.07 bits per heavy atom. The topological polar surface area (TPSA) is 90.4 Å². The SMILES string of the molecule is COc1ccccc1-c1cc(CNc2cc(C(C)C)nn3cnnc23)on1. The van der Waals surface area contributed by atoms with Crippen LogP contribution in [0.25, 0.3) is 16.9 Å². The van der Waals surface area contributed by atoms with E-state index >= 15 is 0 Å². The van der Waals surface area contributed by atoms with E-state index in [4.69, 9.17) is 9.26 Å². The number of rotatable bonds is 6. The Kier molecular flexibility index (Phi) is 4.45. The molecular formula is C19H20N6O2. The Hall–Kier alpha value is -3.42. The van der Waals surface area contributed by atoms with E-state index in [1.807, 2.05) is 36.4 Å². The van der Waals surface area contributed by atoms with Crippen LogP contribution in [-0.2, 0) is 6.54 Å². The van der Waals surface area contributed by atoms with Gasteiger partial charge >= 0.3 is 0 Å². The summed E-state index contributed by atoms with van der Waals surface area (Å²) in [6, 6.07) is 11.6. The average Bonchev–Trinajstić information content (AvgIpc) is 3.35. The Balaban J connectivity index is 1.57. The number of nitrogens with one attached hydrogen (secondary N) is 1. The molecule has 8 nitrogen and oxygen atoms in total. The van der Waals surface area contributed by atoms with Gasteiger partial charge in [0.2, 0.25) is 5.65 Å².